The van der Waals surface area contributed by atoms with E-state index in [9.17, 15) is 4.79 Å². The number of amides is 1. The zero-order chi connectivity index (χ0) is 22.8. The Balaban J connectivity index is 1.45. The lowest BCUT2D eigenvalue weighted by Gasteiger charge is -2.39. The Morgan fingerprint density at radius 2 is 1.91 bits per heavy atom. The lowest BCUT2D eigenvalue weighted by Crippen LogP contribution is -2.58. The number of nitrogens with zero attached hydrogens (tertiary/aromatic N) is 3. The number of hydrogen-bond acceptors (Lipinski definition) is 7. The minimum atomic E-state index is -0.332. The third kappa shape index (κ3) is 4.23. The molecule has 3 aliphatic rings. The molecule has 176 valence electrons. The molecule has 2 aromatic rings. The minimum absolute atomic E-state index is 0.0735. The number of hydrogen-bond donors (Lipinski definition) is 1. The number of carbonyl (C=O) groups is 1. The van der Waals surface area contributed by atoms with E-state index in [4.69, 9.17) is 9.84 Å². The molecule has 1 aliphatic carbocycles. The number of anilines is 2. The number of hydrazone groups is 1. The fraction of sp³-hybridized carbons (Fsp3) is 0.520. The number of carbonyl (C=O) groups excluding carboxylic acids is 1. The Morgan fingerprint density at radius 1 is 1.12 bits per heavy atom. The number of nitrogens with one attached hydrogen (secondary N) is 1. The molecule has 1 unspecified atom stereocenters. The van der Waals surface area contributed by atoms with Crippen LogP contribution in [0.3, 0.4) is 0 Å². The smallest absolute Gasteiger partial charge is 0.264 e. The van der Waals surface area contributed by atoms with Crippen LogP contribution in [0.5, 0.6) is 5.75 Å². The normalized spacial score (nSPS) is 19.0. The van der Waals surface area contributed by atoms with E-state index >= 15 is 0 Å². The van der Waals surface area contributed by atoms with Crippen molar-refractivity contribution in [3.05, 3.63) is 40.3 Å². The molecule has 0 bridgehead atoms. The maximum Gasteiger partial charge on any atom is 0.264 e. The summed E-state index contributed by atoms with van der Waals surface area (Å²) >= 11 is 3.60. The number of aryl methyl sites for hydroxylation is 1. The van der Waals surface area contributed by atoms with Crippen LogP contribution < -0.4 is 20.0 Å². The van der Waals surface area contributed by atoms with Gasteiger partial charge in [0.25, 0.3) is 5.91 Å². The Hall–Kier alpha value is -2.19. The summed E-state index contributed by atoms with van der Waals surface area (Å²) in [7, 11) is 1.66. The van der Waals surface area contributed by atoms with Crippen LogP contribution in [0.1, 0.15) is 72.7 Å². The topological polar surface area (TPSA) is 57.2 Å². The summed E-state index contributed by atoms with van der Waals surface area (Å²) in [6, 6.07) is 7.74. The molecular formula is C25H32N4O2S2. The first-order valence-electron chi connectivity index (χ1n) is 12.1. The van der Waals surface area contributed by atoms with Gasteiger partial charge in [0.1, 0.15) is 10.8 Å². The molecule has 1 N–H and O–H groups in total. The molecule has 0 fully saturated rings. The third-order valence-corrected chi connectivity index (χ3v) is 8.93. The van der Waals surface area contributed by atoms with Crippen molar-refractivity contribution in [3.8, 4) is 5.75 Å². The van der Waals surface area contributed by atoms with Gasteiger partial charge in [0.2, 0.25) is 6.29 Å². The van der Waals surface area contributed by atoms with E-state index in [1.54, 1.807) is 30.2 Å². The number of amidine groups is 1. The predicted octanol–water partition coefficient (Wildman–Crippen LogP) is 5.96. The maximum absolute atomic E-state index is 13.9. The summed E-state index contributed by atoms with van der Waals surface area (Å²) in [6.45, 7) is 2.25. The van der Waals surface area contributed by atoms with Crippen molar-refractivity contribution in [2.24, 2.45) is 5.10 Å². The maximum atomic E-state index is 13.9. The van der Waals surface area contributed by atoms with Gasteiger partial charge in [-0.05, 0) is 61.9 Å². The van der Waals surface area contributed by atoms with Crippen LogP contribution in [0.25, 0.3) is 0 Å². The molecule has 3 heterocycles. The number of ether oxygens (including phenoxy) is 1. The molecule has 6 nitrogen and oxygen atoms in total. The molecule has 0 saturated heterocycles. The Kier molecular flexibility index (Phi) is 6.83. The molecule has 1 amide bonds. The molecule has 0 radical (unpaired) electrons. The molecule has 33 heavy (non-hydrogen) atoms. The summed E-state index contributed by atoms with van der Waals surface area (Å²) < 4.78 is 5.33. The molecule has 2 aliphatic heterocycles. The summed E-state index contributed by atoms with van der Waals surface area (Å²) in [5.41, 5.74) is 6.28. The van der Waals surface area contributed by atoms with Crippen LogP contribution in [0, 0.1) is 0 Å². The van der Waals surface area contributed by atoms with Crippen LogP contribution in [0.4, 0.5) is 10.7 Å². The second-order valence-corrected chi connectivity index (χ2v) is 10.9. The number of thioether (sulfide) groups is 1. The molecule has 0 saturated carbocycles. The number of benzene rings is 1. The van der Waals surface area contributed by atoms with Gasteiger partial charge in [-0.15, -0.1) is 11.3 Å². The highest BCUT2D eigenvalue weighted by Crippen LogP contribution is 2.47. The average molecular weight is 485 g/mol. The van der Waals surface area contributed by atoms with Crippen LogP contribution in [-0.2, 0) is 12.8 Å². The summed E-state index contributed by atoms with van der Waals surface area (Å²) in [5.74, 6) is 1.90. The first-order valence-corrected chi connectivity index (χ1v) is 13.9. The van der Waals surface area contributed by atoms with Crippen molar-refractivity contribution in [2.45, 2.75) is 71.0 Å². The van der Waals surface area contributed by atoms with Gasteiger partial charge in [-0.2, -0.15) is 5.10 Å². The monoisotopic (exact) mass is 484 g/mol. The van der Waals surface area contributed by atoms with Crippen molar-refractivity contribution >= 4 is 44.9 Å². The van der Waals surface area contributed by atoms with E-state index in [2.05, 4.69) is 17.2 Å². The number of rotatable bonds is 8. The fourth-order valence-corrected chi connectivity index (χ4v) is 7.29. The summed E-state index contributed by atoms with van der Waals surface area (Å²) in [6.07, 6.45) is 10.4. The van der Waals surface area contributed by atoms with E-state index in [0.717, 1.165) is 52.2 Å². The number of thiophene rings is 1. The van der Waals surface area contributed by atoms with E-state index in [1.165, 1.54) is 49.0 Å². The highest BCUT2D eigenvalue weighted by molar-refractivity contribution is 8.14. The van der Waals surface area contributed by atoms with E-state index in [1.807, 2.05) is 29.2 Å². The second kappa shape index (κ2) is 9.97. The van der Waals surface area contributed by atoms with Crippen molar-refractivity contribution in [1.29, 1.82) is 0 Å². The largest absolute Gasteiger partial charge is 0.497 e. The van der Waals surface area contributed by atoms with Crippen molar-refractivity contribution in [3.63, 3.8) is 0 Å². The molecular weight excluding hydrogens is 452 g/mol. The minimum Gasteiger partial charge on any atom is -0.497 e. The van der Waals surface area contributed by atoms with Gasteiger partial charge >= 0.3 is 0 Å². The zero-order valence-electron chi connectivity index (χ0n) is 19.4. The van der Waals surface area contributed by atoms with E-state index < -0.39 is 0 Å². The standard InChI is InChI=1S/C25H32N4O2S2/c1-3-4-5-6-9-16-32-25-27-26-24-28(17-12-14-18(31-2)15-13-17)22(30)21-19-10-7-8-11-20(19)33-23(21)29(24)25/h12-15,24,26H,3-11,16H2,1-2H3. The van der Waals surface area contributed by atoms with Gasteiger partial charge in [0, 0.05) is 16.3 Å². The van der Waals surface area contributed by atoms with Crippen molar-refractivity contribution < 1.29 is 9.53 Å². The SMILES string of the molecule is CCCCCCCSC1=NNC2N(c3ccc(OC)cc3)C(=O)c3c(sc4c3CCCC4)N12. The van der Waals surface area contributed by atoms with Crippen LogP contribution in [-0.4, -0.2) is 30.2 Å². The highest BCUT2D eigenvalue weighted by Gasteiger charge is 2.47. The molecule has 1 aromatic heterocycles. The fourth-order valence-electron chi connectivity index (χ4n) is 4.85. The van der Waals surface area contributed by atoms with Gasteiger partial charge in [-0.3, -0.25) is 20.0 Å². The number of methoxy groups -OCH3 is 1. The van der Waals surface area contributed by atoms with E-state index in [-0.39, 0.29) is 12.2 Å². The third-order valence-electron chi connectivity index (χ3n) is 6.60. The Bertz CT molecular complexity index is 1030. The first kappa shape index (κ1) is 22.6. The molecule has 0 spiro atoms. The van der Waals surface area contributed by atoms with Gasteiger partial charge in [0.15, 0.2) is 5.17 Å². The predicted molar refractivity (Wildman–Crippen MR) is 139 cm³/mol. The van der Waals surface area contributed by atoms with Gasteiger partial charge in [0.05, 0.1) is 12.7 Å². The van der Waals surface area contributed by atoms with Crippen LogP contribution >= 0.6 is 23.1 Å². The molecule has 5 rings (SSSR count). The van der Waals surface area contributed by atoms with Crippen molar-refractivity contribution in [2.75, 3.05) is 22.7 Å². The molecule has 1 atom stereocenters. The van der Waals surface area contributed by atoms with Gasteiger partial charge in [-0.1, -0.05) is 44.4 Å². The molecule has 8 heteroatoms. The second-order valence-electron chi connectivity index (χ2n) is 8.79. The zero-order valence-corrected chi connectivity index (χ0v) is 21.1. The Labute approximate surface area is 204 Å². The average Bonchev–Trinajstić information content (AvgIpc) is 3.43. The van der Waals surface area contributed by atoms with Crippen LogP contribution in [0.15, 0.2) is 29.4 Å². The quantitative estimate of drug-likeness (QED) is 0.468. The first-order chi connectivity index (χ1) is 16.2. The number of unbranched alkanes of at least 4 members (excludes halogenated alkanes) is 4. The van der Waals surface area contributed by atoms with E-state index in [0.29, 0.717) is 0 Å². The Morgan fingerprint density at radius 3 is 2.70 bits per heavy atom. The lowest BCUT2D eigenvalue weighted by molar-refractivity contribution is 0.0968. The van der Waals surface area contributed by atoms with Gasteiger partial charge in [-0.25, -0.2) is 0 Å². The van der Waals surface area contributed by atoms with Crippen LogP contribution in [0.2, 0.25) is 0 Å². The van der Waals surface area contributed by atoms with Gasteiger partial charge < -0.3 is 4.74 Å². The lowest BCUT2D eigenvalue weighted by atomic mass is 9.94. The number of fused-ring (bicyclic) bond motifs is 5. The van der Waals surface area contributed by atoms with Crippen molar-refractivity contribution in [1.82, 2.24) is 5.43 Å². The molecule has 1 aromatic carbocycles. The highest BCUT2D eigenvalue weighted by atomic mass is 32.2. The summed E-state index contributed by atoms with van der Waals surface area (Å²) in [4.78, 5) is 19.4. The summed E-state index contributed by atoms with van der Waals surface area (Å²) in [5, 5.41) is 6.75.